The van der Waals surface area contributed by atoms with Gasteiger partial charge in [-0.15, -0.1) is 0 Å². The average molecular weight is 341 g/mol. The van der Waals surface area contributed by atoms with E-state index in [0.29, 0.717) is 0 Å². The van der Waals surface area contributed by atoms with Crippen molar-refractivity contribution in [3.05, 3.63) is 22.2 Å². The van der Waals surface area contributed by atoms with Crippen LogP contribution in [0.25, 0.3) is 0 Å². The minimum absolute atomic E-state index is 0.140. The first-order chi connectivity index (χ1) is 9.40. The number of hydrogen-bond donors (Lipinski definition) is 2. The van der Waals surface area contributed by atoms with Gasteiger partial charge in [-0.25, -0.2) is 0 Å². The number of rotatable bonds is 5. The number of amides is 1. The molecule has 5 nitrogen and oxygen atoms in total. The molecule has 1 aromatic rings. The summed E-state index contributed by atoms with van der Waals surface area (Å²) < 4.78 is 0.968. The SMILES string of the molecule is CN(C)CCCN(C)c1cc2c(cc1Br)C(N)C(=O)N2. The first-order valence-corrected chi connectivity index (χ1v) is 7.45. The van der Waals surface area contributed by atoms with Gasteiger partial charge in [0.05, 0.1) is 5.69 Å². The molecule has 1 atom stereocenters. The Morgan fingerprint density at radius 2 is 2.00 bits per heavy atom. The Hall–Kier alpha value is -1.11. The lowest BCUT2D eigenvalue weighted by molar-refractivity contribution is -0.116. The van der Waals surface area contributed by atoms with Crippen LogP contribution >= 0.6 is 15.9 Å². The molecule has 0 aromatic heterocycles. The van der Waals surface area contributed by atoms with Crippen molar-refractivity contribution in [1.82, 2.24) is 4.90 Å². The topological polar surface area (TPSA) is 61.6 Å². The minimum atomic E-state index is -0.561. The van der Waals surface area contributed by atoms with Gasteiger partial charge in [0.1, 0.15) is 6.04 Å². The molecule has 1 aromatic carbocycles. The first kappa shape index (κ1) is 15.3. The van der Waals surface area contributed by atoms with Crippen LogP contribution in [-0.4, -0.2) is 45.0 Å². The molecule has 110 valence electrons. The van der Waals surface area contributed by atoms with Crippen LogP contribution in [0.3, 0.4) is 0 Å². The molecule has 0 radical (unpaired) electrons. The quantitative estimate of drug-likeness (QED) is 0.857. The van der Waals surface area contributed by atoms with Gasteiger partial charge in [0.15, 0.2) is 0 Å². The summed E-state index contributed by atoms with van der Waals surface area (Å²) in [4.78, 5) is 16.0. The Labute approximate surface area is 128 Å². The van der Waals surface area contributed by atoms with Crippen molar-refractivity contribution in [1.29, 1.82) is 0 Å². The molecule has 0 saturated carbocycles. The Morgan fingerprint density at radius 1 is 1.30 bits per heavy atom. The van der Waals surface area contributed by atoms with Gasteiger partial charge in [-0.2, -0.15) is 0 Å². The smallest absolute Gasteiger partial charge is 0.245 e. The van der Waals surface area contributed by atoms with Crippen molar-refractivity contribution >= 4 is 33.2 Å². The number of carbonyl (C=O) groups excluding carboxylic acids is 1. The number of benzene rings is 1. The third-order valence-corrected chi connectivity index (χ3v) is 4.14. The van der Waals surface area contributed by atoms with Crippen molar-refractivity contribution in [2.24, 2.45) is 5.73 Å². The van der Waals surface area contributed by atoms with Crippen LogP contribution in [0.1, 0.15) is 18.0 Å². The Morgan fingerprint density at radius 3 is 2.65 bits per heavy atom. The van der Waals surface area contributed by atoms with Gasteiger partial charge in [0.25, 0.3) is 0 Å². The van der Waals surface area contributed by atoms with E-state index in [0.717, 1.165) is 40.9 Å². The maximum absolute atomic E-state index is 11.6. The van der Waals surface area contributed by atoms with Crippen LogP contribution in [0, 0.1) is 0 Å². The summed E-state index contributed by atoms with van der Waals surface area (Å²) in [5, 5.41) is 2.82. The second-order valence-corrected chi connectivity index (χ2v) is 6.29. The zero-order chi connectivity index (χ0) is 14.9. The van der Waals surface area contributed by atoms with Crippen LogP contribution in [0.15, 0.2) is 16.6 Å². The first-order valence-electron chi connectivity index (χ1n) is 6.66. The monoisotopic (exact) mass is 340 g/mol. The van der Waals surface area contributed by atoms with Crippen LogP contribution in [0.2, 0.25) is 0 Å². The molecule has 6 heteroatoms. The maximum atomic E-state index is 11.6. The zero-order valence-electron chi connectivity index (χ0n) is 12.1. The van der Waals surface area contributed by atoms with E-state index in [1.54, 1.807) is 0 Å². The van der Waals surface area contributed by atoms with Crippen LogP contribution in [0.5, 0.6) is 0 Å². The van der Waals surface area contributed by atoms with E-state index in [9.17, 15) is 4.79 Å². The summed E-state index contributed by atoms with van der Waals surface area (Å²) >= 11 is 3.57. The number of fused-ring (bicyclic) bond motifs is 1. The van der Waals surface area contributed by atoms with Crippen molar-refractivity contribution < 1.29 is 4.79 Å². The van der Waals surface area contributed by atoms with Crippen molar-refractivity contribution in [3.63, 3.8) is 0 Å². The summed E-state index contributed by atoms with van der Waals surface area (Å²) in [6, 6.07) is 3.37. The molecule has 0 fully saturated rings. The lowest BCUT2D eigenvalue weighted by atomic mass is 10.1. The number of hydrogen-bond acceptors (Lipinski definition) is 4. The van der Waals surface area contributed by atoms with Crippen LogP contribution in [0.4, 0.5) is 11.4 Å². The molecule has 0 saturated heterocycles. The van der Waals surface area contributed by atoms with E-state index in [1.807, 2.05) is 12.1 Å². The summed E-state index contributed by atoms with van der Waals surface area (Å²) in [7, 11) is 6.20. The van der Waals surface area contributed by atoms with Gasteiger partial charge in [-0.3, -0.25) is 4.79 Å². The fourth-order valence-electron chi connectivity index (χ4n) is 2.33. The Balaban J connectivity index is 2.13. The van der Waals surface area contributed by atoms with Gasteiger partial charge in [-0.05, 0) is 55.1 Å². The van der Waals surface area contributed by atoms with E-state index < -0.39 is 6.04 Å². The molecular formula is C14H21BrN4O. The van der Waals surface area contributed by atoms with E-state index in [2.05, 4.69) is 52.2 Å². The fourth-order valence-corrected chi connectivity index (χ4v) is 3.00. The highest BCUT2D eigenvalue weighted by atomic mass is 79.9. The van der Waals surface area contributed by atoms with E-state index in [4.69, 9.17) is 5.73 Å². The summed E-state index contributed by atoms with van der Waals surface area (Å²) in [5.74, 6) is -0.140. The van der Waals surface area contributed by atoms with Crippen molar-refractivity contribution in [3.8, 4) is 0 Å². The Kier molecular flexibility index (Phi) is 4.67. The van der Waals surface area contributed by atoms with Crippen molar-refractivity contribution in [2.45, 2.75) is 12.5 Å². The highest BCUT2D eigenvalue weighted by Gasteiger charge is 2.28. The molecule has 1 aliphatic rings. The standard InChI is InChI=1S/C14H21BrN4O/c1-18(2)5-4-6-19(3)12-8-11-9(7-10(12)15)13(16)14(20)17-11/h7-8,13H,4-6,16H2,1-3H3,(H,17,20). The number of nitrogens with two attached hydrogens (primary N) is 1. The molecule has 20 heavy (non-hydrogen) atoms. The second-order valence-electron chi connectivity index (χ2n) is 5.44. The summed E-state index contributed by atoms with van der Waals surface area (Å²) in [6.45, 7) is 2.00. The third-order valence-electron chi connectivity index (χ3n) is 3.50. The lowest BCUT2D eigenvalue weighted by Gasteiger charge is -2.22. The highest BCUT2D eigenvalue weighted by molar-refractivity contribution is 9.10. The molecule has 1 amide bonds. The second kappa shape index (κ2) is 6.11. The van der Waals surface area contributed by atoms with Crippen LogP contribution < -0.4 is 16.0 Å². The minimum Gasteiger partial charge on any atom is -0.374 e. The van der Waals surface area contributed by atoms with Gasteiger partial charge >= 0.3 is 0 Å². The largest absolute Gasteiger partial charge is 0.374 e. The molecular weight excluding hydrogens is 320 g/mol. The maximum Gasteiger partial charge on any atom is 0.245 e. The molecule has 1 heterocycles. The van der Waals surface area contributed by atoms with E-state index >= 15 is 0 Å². The normalized spacial score (nSPS) is 17.3. The Bertz CT molecular complexity index is 518. The molecule has 3 N–H and O–H groups in total. The summed E-state index contributed by atoms with van der Waals surface area (Å²) in [6.07, 6.45) is 1.08. The highest BCUT2D eigenvalue weighted by Crippen LogP contribution is 2.37. The van der Waals surface area contributed by atoms with Crippen molar-refractivity contribution in [2.75, 3.05) is 44.4 Å². The van der Waals surface area contributed by atoms with Gasteiger partial charge in [0.2, 0.25) is 5.91 Å². The zero-order valence-corrected chi connectivity index (χ0v) is 13.7. The number of nitrogens with one attached hydrogen (secondary N) is 1. The van der Waals surface area contributed by atoms with Gasteiger partial charge in [-0.1, -0.05) is 0 Å². The predicted molar refractivity (Wildman–Crippen MR) is 86.1 cm³/mol. The average Bonchev–Trinajstić information content (AvgIpc) is 2.64. The number of halogens is 1. The van der Waals surface area contributed by atoms with Crippen LogP contribution in [-0.2, 0) is 4.79 Å². The molecule has 1 unspecified atom stereocenters. The lowest BCUT2D eigenvalue weighted by Crippen LogP contribution is -2.23. The number of carbonyl (C=O) groups is 1. The van der Waals surface area contributed by atoms with Gasteiger partial charge < -0.3 is 20.9 Å². The summed E-state index contributed by atoms with van der Waals surface area (Å²) in [5.41, 5.74) is 8.59. The van der Waals surface area contributed by atoms with E-state index in [1.165, 1.54) is 0 Å². The molecule has 2 rings (SSSR count). The third kappa shape index (κ3) is 3.13. The predicted octanol–water partition coefficient (Wildman–Crippen LogP) is 1.79. The van der Waals surface area contributed by atoms with Gasteiger partial charge in [0, 0.05) is 29.3 Å². The molecule has 0 spiro atoms. The number of nitrogens with zero attached hydrogens (tertiary/aromatic N) is 2. The molecule has 1 aliphatic heterocycles. The molecule has 0 aliphatic carbocycles. The fraction of sp³-hybridized carbons (Fsp3) is 0.500. The molecule has 0 bridgehead atoms. The van der Waals surface area contributed by atoms with E-state index in [-0.39, 0.29) is 5.91 Å². The number of anilines is 2.